The van der Waals surface area contributed by atoms with Crippen molar-refractivity contribution in [1.29, 1.82) is 0 Å². The molecule has 146 valence electrons. The first-order chi connectivity index (χ1) is 13.0. The van der Waals surface area contributed by atoms with E-state index < -0.39 is 0 Å². The Morgan fingerprint density at radius 2 is 1.74 bits per heavy atom. The maximum Gasteiger partial charge on any atom is 0.243 e. The highest BCUT2D eigenvalue weighted by Crippen LogP contribution is 2.29. The fourth-order valence-corrected chi connectivity index (χ4v) is 3.48. The Hall–Kier alpha value is -1.93. The Bertz CT molecular complexity index is 700. The molecule has 0 atom stereocenters. The molecular formula is C19H25BrN4O3. The molecular weight excluding hydrogens is 412 g/mol. The van der Waals surface area contributed by atoms with Crippen LogP contribution in [0.4, 0.5) is 5.69 Å². The summed E-state index contributed by atoms with van der Waals surface area (Å²) in [5.74, 6) is -0.0202. The topological polar surface area (TPSA) is 90.5 Å². The normalized spacial score (nSPS) is 18.0. The lowest BCUT2D eigenvalue weighted by Gasteiger charge is -2.31. The van der Waals surface area contributed by atoms with Crippen LogP contribution in [0.25, 0.3) is 0 Å². The summed E-state index contributed by atoms with van der Waals surface area (Å²) in [5.41, 5.74) is 0.673. The van der Waals surface area contributed by atoms with Crippen molar-refractivity contribution < 1.29 is 14.4 Å². The third-order valence-corrected chi connectivity index (χ3v) is 5.53. The van der Waals surface area contributed by atoms with Gasteiger partial charge in [0.15, 0.2) is 0 Å². The summed E-state index contributed by atoms with van der Waals surface area (Å²) < 4.78 is 0.793. The van der Waals surface area contributed by atoms with Crippen molar-refractivity contribution >= 4 is 39.3 Å². The molecule has 1 aromatic rings. The van der Waals surface area contributed by atoms with E-state index in [2.05, 4.69) is 36.8 Å². The maximum atomic E-state index is 12.1. The van der Waals surface area contributed by atoms with Crippen LogP contribution in [0.2, 0.25) is 0 Å². The smallest absolute Gasteiger partial charge is 0.243 e. The highest BCUT2D eigenvalue weighted by molar-refractivity contribution is 9.10. The van der Waals surface area contributed by atoms with Crippen LogP contribution in [0.3, 0.4) is 0 Å². The second-order valence-corrected chi connectivity index (χ2v) is 7.99. The fourth-order valence-electron chi connectivity index (χ4n) is 3.09. The molecule has 1 saturated carbocycles. The van der Waals surface area contributed by atoms with Gasteiger partial charge in [-0.05, 0) is 53.7 Å². The average molecular weight is 437 g/mol. The fraction of sp³-hybridized carbons (Fsp3) is 0.526. The molecule has 1 aliphatic carbocycles. The van der Waals surface area contributed by atoms with Crippen LogP contribution in [-0.2, 0) is 14.4 Å². The number of benzene rings is 1. The minimum Gasteiger partial charge on any atom is -0.353 e. The van der Waals surface area contributed by atoms with Gasteiger partial charge in [-0.25, -0.2) is 0 Å². The Labute approximate surface area is 167 Å². The average Bonchev–Trinajstić information content (AvgIpc) is 3.49. The van der Waals surface area contributed by atoms with Gasteiger partial charge in [0.2, 0.25) is 17.7 Å². The summed E-state index contributed by atoms with van der Waals surface area (Å²) in [4.78, 5) is 37.9. The first-order valence-electron chi connectivity index (χ1n) is 9.35. The van der Waals surface area contributed by atoms with E-state index in [1.54, 1.807) is 6.07 Å². The molecule has 1 heterocycles. The van der Waals surface area contributed by atoms with Crippen molar-refractivity contribution in [2.75, 3.05) is 31.5 Å². The number of nitrogens with zero attached hydrogens (tertiary/aromatic N) is 1. The van der Waals surface area contributed by atoms with Gasteiger partial charge in [0.1, 0.15) is 0 Å². The van der Waals surface area contributed by atoms with Gasteiger partial charge in [-0.15, -0.1) is 0 Å². The van der Waals surface area contributed by atoms with Crippen LogP contribution in [0.5, 0.6) is 0 Å². The summed E-state index contributed by atoms with van der Waals surface area (Å²) in [6, 6.07) is 7.53. The van der Waals surface area contributed by atoms with E-state index in [0.29, 0.717) is 5.69 Å². The van der Waals surface area contributed by atoms with Gasteiger partial charge >= 0.3 is 0 Å². The van der Waals surface area contributed by atoms with Gasteiger partial charge < -0.3 is 16.0 Å². The van der Waals surface area contributed by atoms with Gasteiger partial charge in [0.25, 0.3) is 0 Å². The molecule has 0 radical (unpaired) electrons. The number of carbonyl (C=O) groups is 3. The van der Waals surface area contributed by atoms with Gasteiger partial charge in [-0.3, -0.25) is 19.3 Å². The molecule has 1 aliphatic heterocycles. The quantitative estimate of drug-likeness (QED) is 0.603. The van der Waals surface area contributed by atoms with Crippen molar-refractivity contribution in [2.45, 2.75) is 31.7 Å². The first-order valence-corrected chi connectivity index (χ1v) is 10.1. The van der Waals surface area contributed by atoms with E-state index in [-0.39, 0.29) is 42.8 Å². The summed E-state index contributed by atoms with van der Waals surface area (Å²) >= 11 is 3.37. The van der Waals surface area contributed by atoms with Gasteiger partial charge in [-0.1, -0.05) is 12.1 Å². The second kappa shape index (κ2) is 9.32. The summed E-state index contributed by atoms with van der Waals surface area (Å²) in [6.07, 6.45) is 3.74. The van der Waals surface area contributed by atoms with Crippen LogP contribution in [0.15, 0.2) is 28.7 Å². The van der Waals surface area contributed by atoms with E-state index in [1.807, 2.05) is 18.2 Å². The lowest BCUT2D eigenvalue weighted by Crippen LogP contribution is -2.48. The van der Waals surface area contributed by atoms with Crippen LogP contribution in [-0.4, -0.2) is 54.8 Å². The zero-order valence-corrected chi connectivity index (χ0v) is 16.8. The number of anilines is 1. The monoisotopic (exact) mass is 436 g/mol. The van der Waals surface area contributed by atoms with Crippen molar-refractivity contribution in [1.82, 2.24) is 15.5 Å². The summed E-state index contributed by atoms with van der Waals surface area (Å²) in [6.45, 7) is 1.75. The van der Waals surface area contributed by atoms with Crippen LogP contribution in [0.1, 0.15) is 25.7 Å². The molecule has 8 heteroatoms. The highest BCUT2D eigenvalue weighted by atomic mass is 79.9. The molecule has 3 rings (SSSR count). The van der Waals surface area contributed by atoms with Crippen molar-refractivity contribution in [3.05, 3.63) is 28.7 Å². The number of rotatable bonds is 7. The van der Waals surface area contributed by atoms with E-state index in [9.17, 15) is 14.4 Å². The Balaban J connectivity index is 1.32. The van der Waals surface area contributed by atoms with E-state index in [1.165, 1.54) is 0 Å². The Morgan fingerprint density at radius 1 is 1.04 bits per heavy atom. The molecule has 0 bridgehead atoms. The van der Waals surface area contributed by atoms with E-state index >= 15 is 0 Å². The van der Waals surface area contributed by atoms with E-state index in [4.69, 9.17) is 0 Å². The molecule has 2 aliphatic rings. The van der Waals surface area contributed by atoms with Crippen LogP contribution < -0.4 is 16.0 Å². The number of para-hydroxylation sites is 1. The molecule has 0 spiro atoms. The van der Waals surface area contributed by atoms with Crippen molar-refractivity contribution in [3.63, 3.8) is 0 Å². The zero-order valence-electron chi connectivity index (χ0n) is 15.2. The largest absolute Gasteiger partial charge is 0.353 e. The zero-order chi connectivity index (χ0) is 19.2. The molecule has 7 nitrogen and oxygen atoms in total. The van der Waals surface area contributed by atoms with Gasteiger partial charge in [0, 0.05) is 29.5 Å². The second-order valence-electron chi connectivity index (χ2n) is 7.14. The number of amides is 3. The molecule has 3 amide bonds. The van der Waals surface area contributed by atoms with Gasteiger partial charge in [-0.2, -0.15) is 0 Å². The van der Waals surface area contributed by atoms with Crippen LogP contribution in [0, 0.1) is 5.92 Å². The molecule has 27 heavy (non-hydrogen) atoms. The number of hydrogen-bond acceptors (Lipinski definition) is 4. The predicted octanol–water partition coefficient (Wildman–Crippen LogP) is 1.49. The lowest BCUT2D eigenvalue weighted by atomic mass is 10.0. The third kappa shape index (κ3) is 6.32. The molecule has 0 unspecified atom stereocenters. The molecule has 0 aromatic heterocycles. The standard InChI is InChI=1S/C19H25BrN4O3/c20-15-3-1-2-4-16(15)23-17(25)11-21-18(26)12-24-9-7-14(8-10-24)22-19(27)13-5-6-13/h1-4,13-14H,5-12H2,(H,21,26)(H,22,27)(H,23,25). The SMILES string of the molecule is O=C(CN1CCC(NC(=O)C2CC2)CC1)NCC(=O)Nc1ccccc1Br. The minimum absolute atomic E-state index is 0.0614. The van der Waals surface area contributed by atoms with Crippen molar-refractivity contribution in [2.24, 2.45) is 5.92 Å². The Morgan fingerprint density at radius 3 is 2.41 bits per heavy atom. The Kier molecular flexibility index (Phi) is 6.84. The number of piperidine rings is 1. The maximum absolute atomic E-state index is 12.1. The summed E-state index contributed by atoms with van der Waals surface area (Å²) in [5, 5.41) is 8.51. The summed E-state index contributed by atoms with van der Waals surface area (Å²) in [7, 11) is 0. The number of nitrogens with one attached hydrogen (secondary N) is 3. The molecule has 3 N–H and O–H groups in total. The van der Waals surface area contributed by atoms with E-state index in [0.717, 1.165) is 43.2 Å². The molecule has 1 aromatic carbocycles. The number of carbonyl (C=O) groups excluding carboxylic acids is 3. The number of likely N-dealkylation sites (tertiary alicyclic amines) is 1. The van der Waals surface area contributed by atoms with Gasteiger partial charge in [0.05, 0.1) is 18.8 Å². The first kappa shape index (κ1) is 19.8. The number of halogens is 1. The minimum atomic E-state index is -0.267. The molecule has 1 saturated heterocycles. The third-order valence-electron chi connectivity index (χ3n) is 4.84. The predicted molar refractivity (Wildman–Crippen MR) is 106 cm³/mol. The van der Waals surface area contributed by atoms with Crippen LogP contribution >= 0.6 is 15.9 Å². The van der Waals surface area contributed by atoms with Crippen molar-refractivity contribution in [3.8, 4) is 0 Å². The molecule has 2 fully saturated rings. The highest BCUT2D eigenvalue weighted by Gasteiger charge is 2.31. The number of hydrogen-bond donors (Lipinski definition) is 3. The lowest BCUT2D eigenvalue weighted by molar-refractivity contribution is -0.125.